The van der Waals surface area contributed by atoms with E-state index in [1.807, 2.05) is 6.08 Å². The summed E-state index contributed by atoms with van der Waals surface area (Å²) in [6.45, 7) is 8.23. The number of hydrogen-bond donors (Lipinski definition) is 1. The zero-order valence-electron chi connectivity index (χ0n) is 17.7. The van der Waals surface area contributed by atoms with Crippen LogP contribution in [-0.2, 0) is 23.8 Å². The van der Waals surface area contributed by atoms with Crippen LogP contribution in [0.25, 0.3) is 0 Å². The van der Waals surface area contributed by atoms with E-state index < -0.39 is 24.1 Å². The molecular weight excluding hydrogens is 372 g/mol. The number of cyclic esters (lactones) is 1. The molecule has 0 aromatic rings. The molecule has 0 aromatic heterocycles. The number of hydrogen-bond acceptors (Lipinski definition) is 6. The SMILES string of the molecule is COC(=O)/C=C/C=C(\C)[C@H](O)[C@@H]1C=C(/C=C/[C@@]23O[C@]2(C)CCCC3(C)C)C(=O)O1. The Morgan fingerprint density at radius 3 is 2.72 bits per heavy atom. The van der Waals surface area contributed by atoms with E-state index in [2.05, 4.69) is 25.5 Å². The average molecular weight is 402 g/mol. The first-order valence-electron chi connectivity index (χ1n) is 9.98. The molecule has 6 nitrogen and oxygen atoms in total. The molecule has 2 fully saturated rings. The molecule has 1 saturated carbocycles. The van der Waals surface area contributed by atoms with Crippen LogP contribution in [0.5, 0.6) is 0 Å². The number of epoxide rings is 1. The molecule has 1 saturated heterocycles. The maximum atomic E-state index is 12.3. The van der Waals surface area contributed by atoms with Gasteiger partial charge in [0.2, 0.25) is 0 Å². The highest BCUT2D eigenvalue weighted by Crippen LogP contribution is 2.66. The predicted octanol–water partition coefficient (Wildman–Crippen LogP) is 3.17. The molecule has 1 aliphatic carbocycles. The van der Waals surface area contributed by atoms with Crippen molar-refractivity contribution in [2.75, 3.05) is 7.11 Å². The van der Waals surface area contributed by atoms with E-state index in [9.17, 15) is 14.7 Å². The van der Waals surface area contributed by atoms with Crippen LogP contribution in [-0.4, -0.2) is 47.6 Å². The van der Waals surface area contributed by atoms with Crippen LogP contribution >= 0.6 is 0 Å². The maximum Gasteiger partial charge on any atom is 0.338 e. The summed E-state index contributed by atoms with van der Waals surface area (Å²) in [4.78, 5) is 23.4. The molecule has 4 atom stereocenters. The molecular formula is C23H30O6. The largest absolute Gasteiger partial charge is 0.466 e. The lowest BCUT2D eigenvalue weighted by Crippen LogP contribution is -2.41. The molecule has 0 spiro atoms. The molecule has 3 rings (SSSR count). The Hall–Kier alpha value is -2.18. The van der Waals surface area contributed by atoms with Crippen molar-refractivity contribution in [3.63, 3.8) is 0 Å². The quantitative estimate of drug-likeness (QED) is 0.318. The van der Waals surface area contributed by atoms with Gasteiger partial charge in [0.05, 0.1) is 18.3 Å². The van der Waals surface area contributed by atoms with E-state index in [0.717, 1.165) is 19.3 Å². The predicted molar refractivity (Wildman–Crippen MR) is 108 cm³/mol. The van der Waals surface area contributed by atoms with E-state index in [1.165, 1.54) is 19.3 Å². The van der Waals surface area contributed by atoms with Gasteiger partial charge in [0, 0.05) is 11.5 Å². The number of rotatable bonds is 6. The Labute approximate surface area is 171 Å². The van der Waals surface area contributed by atoms with Gasteiger partial charge < -0.3 is 19.3 Å². The van der Waals surface area contributed by atoms with Crippen molar-refractivity contribution in [1.29, 1.82) is 0 Å². The summed E-state index contributed by atoms with van der Waals surface area (Å²) in [5, 5.41) is 10.5. The number of ether oxygens (including phenoxy) is 3. The van der Waals surface area contributed by atoms with E-state index in [1.54, 1.807) is 25.2 Å². The van der Waals surface area contributed by atoms with Crippen molar-refractivity contribution in [3.05, 3.63) is 47.6 Å². The number of methoxy groups -OCH3 is 1. The summed E-state index contributed by atoms with van der Waals surface area (Å²) in [7, 11) is 1.29. The highest BCUT2D eigenvalue weighted by molar-refractivity contribution is 5.94. The van der Waals surface area contributed by atoms with Crippen molar-refractivity contribution in [1.82, 2.24) is 0 Å². The standard InChI is InChI=1S/C23H30O6/c1-15(8-6-9-18(24)27-5)19(25)17-14-16(20(26)28-17)10-13-23-21(2,3)11-7-12-22(23,4)29-23/h6,8-10,13-14,17,19,25H,7,11-12H2,1-5H3/b9-6+,13-10+,15-8+/t17-,19-,22+,23-/m0/s1. The van der Waals surface area contributed by atoms with Gasteiger partial charge in [0.15, 0.2) is 6.10 Å². The van der Waals surface area contributed by atoms with Crippen molar-refractivity contribution < 1.29 is 28.9 Å². The van der Waals surface area contributed by atoms with Crippen LogP contribution in [0.1, 0.15) is 47.0 Å². The zero-order chi connectivity index (χ0) is 21.4. The Kier molecular flexibility index (Phi) is 5.62. The van der Waals surface area contributed by atoms with Crippen molar-refractivity contribution in [3.8, 4) is 0 Å². The minimum atomic E-state index is -1.00. The van der Waals surface area contributed by atoms with E-state index in [-0.39, 0.29) is 16.6 Å². The molecule has 0 aromatic carbocycles. The summed E-state index contributed by atoms with van der Waals surface area (Å²) >= 11 is 0. The fourth-order valence-electron chi connectivity index (χ4n) is 4.57. The molecule has 3 aliphatic rings. The van der Waals surface area contributed by atoms with Gasteiger partial charge in [0.1, 0.15) is 11.7 Å². The molecule has 0 unspecified atom stereocenters. The van der Waals surface area contributed by atoms with Gasteiger partial charge in [-0.15, -0.1) is 0 Å². The third kappa shape index (κ3) is 3.83. The van der Waals surface area contributed by atoms with Gasteiger partial charge in [-0.05, 0) is 56.9 Å². The molecule has 29 heavy (non-hydrogen) atoms. The number of carbonyl (C=O) groups is 2. The van der Waals surface area contributed by atoms with Crippen LogP contribution in [0.4, 0.5) is 0 Å². The van der Waals surface area contributed by atoms with Crippen molar-refractivity contribution in [2.45, 2.75) is 70.4 Å². The summed E-state index contributed by atoms with van der Waals surface area (Å²) < 4.78 is 16.0. The number of aliphatic hydroxyl groups excluding tert-OH is 1. The summed E-state index contributed by atoms with van der Waals surface area (Å²) in [5.74, 6) is -0.946. The number of aliphatic hydroxyl groups is 1. The first-order chi connectivity index (χ1) is 13.6. The average Bonchev–Trinajstić information content (AvgIpc) is 3.13. The monoisotopic (exact) mass is 402 g/mol. The number of carbonyl (C=O) groups excluding carboxylic acids is 2. The number of allylic oxidation sites excluding steroid dienone is 2. The van der Waals surface area contributed by atoms with Gasteiger partial charge in [-0.3, -0.25) is 0 Å². The molecule has 158 valence electrons. The second-order valence-corrected chi connectivity index (χ2v) is 8.87. The van der Waals surface area contributed by atoms with Gasteiger partial charge in [-0.1, -0.05) is 26.0 Å². The number of fused-ring (bicyclic) bond motifs is 1. The van der Waals surface area contributed by atoms with Gasteiger partial charge in [-0.2, -0.15) is 0 Å². The molecule has 0 radical (unpaired) electrons. The van der Waals surface area contributed by atoms with Crippen LogP contribution in [0, 0.1) is 5.41 Å². The van der Waals surface area contributed by atoms with Crippen molar-refractivity contribution in [2.24, 2.45) is 5.41 Å². The Morgan fingerprint density at radius 1 is 1.34 bits per heavy atom. The fourth-order valence-corrected chi connectivity index (χ4v) is 4.57. The topological polar surface area (TPSA) is 85.4 Å². The first kappa shape index (κ1) is 21.5. The summed E-state index contributed by atoms with van der Waals surface area (Å²) in [6.07, 6.45) is 11.2. The number of esters is 2. The second kappa shape index (κ2) is 7.58. The van der Waals surface area contributed by atoms with Crippen LogP contribution < -0.4 is 0 Å². The molecule has 2 aliphatic heterocycles. The smallest absolute Gasteiger partial charge is 0.338 e. The van der Waals surface area contributed by atoms with E-state index >= 15 is 0 Å². The van der Waals surface area contributed by atoms with Crippen LogP contribution in [0.3, 0.4) is 0 Å². The molecule has 0 bridgehead atoms. The minimum absolute atomic E-state index is 0.0101. The Balaban J connectivity index is 1.72. The second-order valence-electron chi connectivity index (χ2n) is 8.87. The van der Waals surface area contributed by atoms with Crippen LogP contribution in [0.15, 0.2) is 47.6 Å². The highest BCUT2D eigenvalue weighted by atomic mass is 16.6. The lowest BCUT2D eigenvalue weighted by molar-refractivity contribution is -0.142. The fraction of sp³-hybridized carbons (Fsp3) is 0.565. The third-order valence-corrected chi connectivity index (χ3v) is 6.48. The van der Waals surface area contributed by atoms with E-state index in [0.29, 0.717) is 11.1 Å². The van der Waals surface area contributed by atoms with Gasteiger partial charge in [0.25, 0.3) is 0 Å². The summed E-state index contributed by atoms with van der Waals surface area (Å²) in [5.41, 5.74) is 0.419. The maximum absolute atomic E-state index is 12.3. The van der Waals surface area contributed by atoms with Crippen molar-refractivity contribution >= 4 is 11.9 Å². The summed E-state index contributed by atoms with van der Waals surface area (Å²) in [6, 6.07) is 0. The Bertz CT molecular complexity index is 817. The first-order valence-corrected chi connectivity index (χ1v) is 9.98. The highest BCUT2D eigenvalue weighted by Gasteiger charge is 2.73. The molecule has 2 heterocycles. The Morgan fingerprint density at radius 2 is 2.07 bits per heavy atom. The lowest BCUT2D eigenvalue weighted by atomic mass is 9.64. The van der Waals surface area contributed by atoms with Gasteiger partial charge in [-0.25, -0.2) is 9.59 Å². The molecule has 0 amide bonds. The van der Waals surface area contributed by atoms with Gasteiger partial charge >= 0.3 is 11.9 Å². The lowest BCUT2D eigenvalue weighted by Gasteiger charge is -2.36. The molecule has 6 heteroatoms. The zero-order valence-corrected chi connectivity index (χ0v) is 17.7. The minimum Gasteiger partial charge on any atom is -0.466 e. The van der Waals surface area contributed by atoms with E-state index in [4.69, 9.17) is 9.47 Å². The normalized spacial score (nSPS) is 34.7. The third-order valence-electron chi connectivity index (χ3n) is 6.48. The molecule has 1 N–H and O–H groups in total. The van der Waals surface area contributed by atoms with Crippen LogP contribution in [0.2, 0.25) is 0 Å².